The summed E-state index contributed by atoms with van der Waals surface area (Å²) in [6, 6.07) is 5.91. The van der Waals surface area contributed by atoms with Gasteiger partial charge in [-0.25, -0.2) is 0 Å². The second-order valence-electron chi connectivity index (χ2n) is 11.3. The van der Waals surface area contributed by atoms with Crippen molar-refractivity contribution in [1.82, 2.24) is 4.90 Å². The number of amides is 1. The van der Waals surface area contributed by atoms with Crippen molar-refractivity contribution < 1.29 is 28.9 Å². The molecule has 1 N–H and O–H groups in total. The molecule has 1 amide bonds. The summed E-state index contributed by atoms with van der Waals surface area (Å²) >= 11 is 0. The zero-order valence-electron chi connectivity index (χ0n) is 21.7. The van der Waals surface area contributed by atoms with E-state index in [9.17, 15) is 14.7 Å². The second kappa shape index (κ2) is 10.4. The third-order valence-electron chi connectivity index (χ3n) is 8.27. The van der Waals surface area contributed by atoms with Crippen LogP contribution in [0.2, 0.25) is 0 Å². The van der Waals surface area contributed by atoms with E-state index >= 15 is 0 Å². The summed E-state index contributed by atoms with van der Waals surface area (Å²) in [7, 11) is 0. The largest absolute Gasteiger partial charge is 0.490 e. The summed E-state index contributed by atoms with van der Waals surface area (Å²) < 4.78 is 19.1. The summed E-state index contributed by atoms with van der Waals surface area (Å²) in [6.07, 6.45) is 4.55. The predicted molar refractivity (Wildman–Crippen MR) is 133 cm³/mol. The van der Waals surface area contributed by atoms with Crippen LogP contribution in [0.25, 0.3) is 0 Å². The number of piperidine rings is 1. The minimum absolute atomic E-state index is 0.0150. The maximum Gasteiger partial charge on any atom is 0.303 e. The molecule has 3 aliphatic rings. The standard InChI is InChI=1S/C28H41NO6/c1-5-33-22-8-6-7-20-25-21(27(4,35-26(20)22)12-11-24(31)32)17-28(18-34-25)13-15-29(16-14-28)23(30)10-9-19(2)3/h6-8,19,21,25H,5,9-18H2,1-4H3,(H,31,32)/t21-,25+,27+/m0/s1. The first-order valence-corrected chi connectivity index (χ1v) is 13.2. The van der Waals surface area contributed by atoms with Crippen molar-refractivity contribution in [2.75, 3.05) is 26.3 Å². The van der Waals surface area contributed by atoms with E-state index in [-0.39, 0.29) is 29.8 Å². The van der Waals surface area contributed by atoms with Crippen LogP contribution in [0.4, 0.5) is 0 Å². The number of hydrogen-bond donors (Lipinski definition) is 1. The number of rotatable bonds is 8. The molecule has 3 atom stereocenters. The fraction of sp³-hybridized carbons (Fsp3) is 0.714. The van der Waals surface area contributed by atoms with Gasteiger partial charge in [-0.15, -0.1) is 0 Å². The SMILES string of the molecule is CCOc1cccc2c1O[C@](C)(CCC(=O)O)[C@H]1CC3(CCN(C(=O)CCC(C)C)CC3)CO[C@H]21. The first-order valence-electron chi connectivity index (χ1n) is 13.2. The number of hydrogen-bond acceptors (Lipinski definition) is 5. The molecule has 0 radical (unpaired) electrons. The highest BCUT2D eigenvalue weighted by molar-refractivity contribution is 5.76. The maximum atomic E-state index is 12.7. The molecule has 2 fully saturated rings. The highest BCUT2D eigenvalue weighted by Gasteiger charge is 2.55. The summed E-state index contributed by atoms with van der Waals surface area (Å²) in [4.78, 5) is 26.2. The quantitative estimate of drug-likeness (QED) is 0.541. The van der Waals surface area contributed by atoms with Gasteiger partial charge in [0.15, 0.2) is 11.5 Å². The molecule has 0 aliphatic carbocycles. The molecule has 0 aromatic heterocycles. The third-order valence-corrected chi connectivity index (χ3v) is 8.27. The molecule has 7 heteroatoms. The monoisotopic (exact) mass is 487 g/mol. The minimum atomic E-state index is -0.824. The number of likely N-dealkylation sites (tertiary alicyclic amines) is 1. The van der Waals surface area contributed by atoms with Crippen molar-refractivity contribution >= 4 is 11.9 Å². The molecule has 194 valence electrons. The van der Waals surface area contributed by atoms with Crippen LogP contribution in [-0.4, -0.2) is 53.8 Å². The number of fused-ring (bicyclic) bond motifs is 3. The smallest absolute Gasteiger partial charge is 0.303 e. The second-order valence-corrected chi connectivity index (χ2v) is 11.3. The van der Waals surface area contributed by atoms with Gasteiger partial charge in [0.1, 0.15) is 5.60 Å². The number of carboxylic acids is 1. The number of ether oxygens (including phenoxy) is 3. The maximum absolute atomic E-state index is 12.7. The average molecular weight is 488 g/mol. The van der Waals surface area contributed by atoms with Crippen molar-refractivity contribution in [3.05, 3.63) is 23.8 Å². The lowest BCUT2D eigenvalue weighted by molar-refractivity contribution is -0.183. The van der Waals surface area contributed by atoms with Crippen LogP contribution < -0.4 is 9.47 Å². The van der Waals surface area contributed by atoms with Crippen LogP contribution in [0.1, 0.15) is 84.3 Å². The van der Waals surface area contributed by atoms with E-state index in [1.54, 1.807) is 0 Å². The molecule has 35 heavy (non-hydrogen) atoms. The summed E-state index contributed by atoms with van der Waals surface area (Å²) in [6.45, 7) is 11.0. The Morgan fingerprint density at radius 3 is 2.63 bits per heavy atom. The molecule has 3 aliphatic heterocycles. The van der Waals surface area contributed by atoms with Gasteiger partial charge in [0, 0.05) is 37.4 Å². The molecule has 4 rings (SSSR count). The average Bonchev–Trinajstić information content (AvgIpc) is 2.83. The van der Waals surface area contributed by atoms with Crippen LogP contribution >= 0.6 is 0 Å². The lowest BCUT2D eigenvalue weighted by Crippen LogP contribution is -2.56. The Bertz CT molecular complexity index is 922. The number of para-hydroxylation sites is 1. The van der Waals surface area contributed by atoms with E-state index in [1.807, 2.05) is 36.9 Å². The van der Waals surface area contributed by atoms with Gasteiger partial charge in [-0.3, -0.25) is 9.59 Å². The zero-order chi connectivity index (χ0) is 25.2. The van der Waals surface area contributed by atoms with E-state index in [1.165, 1.54) is 0 Å². The fourth-order valence-electron chi connectivity index (χ4n) is 6.04. The molecule has 2 saturated heterocycles. The van der Waals surface area contributed by atoms with Crippen LogP contribution in [0, 0.1) is 17.3 Å². The number of carbonyl (C=O) groups excluding carboxylic acids is 1. The van der Waals surface area contributed by atoms with Crippen LogP contribution in [0.15, 0.2) is 18.2 Å². The lowest BCUT2D eigenvalue weighted by atomic mass is 9.63. The van der Waals surface area contributed by atoms with Gasteiger partial charge in [-0.1, -0.05) is 26.0 Å². The first kappa shape index (κ1) is 25.8. The summed E-state index contributed by atoms with van der Waals surface area (Å²) in [5, 5.41) is 9.44. The molecule has 7 nitrogen and oxygen atoms in total. The normalized spacial score (nSPS) is 27.2. The van der Waals surface area contributed by atoms with Crippen molar-refractivity contribution in [3.8, 4) is 11.5 Å². The fourth-order valence-corrected chi connectivity index (χ4v) is 6.04. The Balaban J connectivity index is 1.54. The highest BCUT2D eigenvalue weighted by Crippen LogP contribution is 2.58. The van der Waals surface area contributed by atoms with Gasteiger partial charge in [-0.2, -0.15) is 0 Å². The number of benzene rings is 1. The minimum Gasteiger partial charge on any atom is -0.490 e. The van der Waals surface area contributed by atoms with Gasteiger partial charge >= 0.3 is 5.97 Å². The molecular weight excluding hydrogens is 446 g/mol. The molecule has 3 heterocycles. The molecule has 1 aromatic rings. The van der Waals surface area contributed by atoms with E-state index in [2.05, 4.69) is 13.8 Å². The molecule has 0 bridgehead atoms. The van der Waals surface area contributed by atoms with E-state index in [0.29, 0.717) is 43.5 Å². The van der Waals surface area contributed by atoms with E-state index in [0.717, 1.165) is 44.3 Å². The Morgan fingerprint density at radius 1 is 1.23 bits per heavy atom. The van der Waals surface area contributed by atoms with Crippen LogP contribution in [0.3, 0.4) is 0 Å². The number of aliphatic carboxylic acids is 1. The van der Waals surface area contributed by atoms with Gasteiger partial charge in [0.2, 0.25) is 5.91 Å². The summed E-state index contributed by atoms with van der Waals surface area (Å²) in [5.41, 5.74) is 0.296. The third kappa shape index (κ3) is 5.45. The van der Waals surface area contributed by atoms with E-state index in [4.69, 9.17) is 14.2 Å². The summed E-state index contributed by atoms with van der Waals surface area (Å²) in [5.74, 6) is 1.36. The van der Waals surface area contributed by atoms with Gasteiger partial charge in [0.05, 0.1) is 19.3 Å². The zero-order valence-corrected chi connectivity index (χ0v) is 21.7. The number of nitrogens with zero attached hydrogens (tertiary/aromatic N) is 1. The molecule has 1 spiro atoms. The first-order chi connectivity index (χ1) is 16.7. The van der Waals surface area contributed by atoms with Gasteiger partial charge in [-0.05, 0) is 63.4 Å². The molecule has 0 saturated carbocycles. The Hall–Kier alpha value is -2.28. The van der Waals surface area contributed by atoms with Crippen molar-refractivity contribution in [1.29, 1.82) is 0 Å². The Labute approximate surface area is 209 Å². The van der Waals surface area contributed by atoms with Crippen molar-refractivity contribution in [2.24, 2.45) is 17.3 Å². The van der Waals surface area contributed by atoms with Gasteiger partial charge < -0.3 is 24.2 Å². The topological polar surface area (TPSA) is 85.3 Å². The number of carbonyl (C=O) groups is 2. The highest BCUT2D eigenvalue weighted by atomic mass is 16.5. The predicted octanol–water partition coefficient (Wildman–Crippen LogP) is 5.22. The Morgan fingerprint density at radius 2 is 1.97 bits per heavy atom. The van der Waals surface area contributed by atoms with Crippen molar-refractivity contribution in [2.45, 2.75) is 84.3 Å². The molecule has 0 unspecified atom stereocenters. The lowest BCUT2D eigenvalue weighted by Gasteiger charge is -2.55. The van der Waals surface area contributed by atoms with Gasteiger partial charge in [0.25, 0.3) is 0 Å². The van der Waals surface area contributed by atoms with E-state index < -0.39 is 11.6 Å². The molecular formula is C28H41NO6. The van der Waals surface area contributed by atoms with Crippen LogP contribution in [-0.2, 0) is 14.3 Å². The Kier molecular flexibility index (Phi) is 7.65. The number of carboxylic acid groups (broad SMARTS) is 1. The van der Waals surface area contributed by atoms with Crippen molar-refractivity contribution in [3.63, 3.8) is 0 Å². The molecule has 1 aromatic carbocycles. The van der Waals surface area contributed by atoms with Crippen LogP contribution in [0.5, 0.6) is 11.5 Å².